The fraction of sp³-hybridized carbons (Fsp3) is 0.364. The Balaban J connectivity index is 1.56. The van der Waals surface area contributed by atoms with Gasteiger partial charge in [-0.05, 0) is 68.5 Å². The first-order valence-electron chi connectivity index (χ1n) is 9.35. The predicted molar refractivity (Wildman–Crippen MR) is 101 cm³/mol. The van der Waals surface area contributed by atoms with E-state index in [0.717, 1.165) is 19.5 Å². The second kappa shape index (κ2) is 7.01. The van der Waals surface area contributed by atoms with E-state index in [1.807, 2.05) is 12.1 Å². The summed E-state index contributed by atoms with van der Waals surface area (Å²) in [4.78, 5) is 0. The lowest BCUT2D eigenvalue weighted by Crippen LogP contribution is -2.28. The number of hydrogen-bond donors (Lipinski definition) is 1. The van der Waals surface area contributed by atoms with Crippen LogP contribution < -0.4 is 5.32 Å². The maximum Gasteiger partial charge on any atom is 0.123 e. The summed E-state index contributed by atoms with van der Waals surface area (Å²) in [7, 11) is 0. The molecule has 2 aromatic carbocycles. The van der Waals surface area contributed by atoms with Crippen LogP contribution >= 0.6 is 0 Å². The summed E-state index contributed by atoms with van der Waals surface area (Å²) >= 11 is 0. The van der Waals surface area contributed by atoms with E-state index in [1.165, 1.54) is 47.0 Å². The summed E-state index contributed by atoms with van der Waals surface area (Å²) in [6.07, 6.45) is 4.53. The molecule has 1 aliphatic rings. The fourth-order valence-corrected chi connectivity index (χ4v) is 4.26. The van der Waals surface area contributed by atoms with Gasteiger partial charge in [-0.2, -0.15) is 0 Å². The highest BCUT2D eigenvalue weighted by Crippen LogP contribution is 2.37. The van der Waals surface area contributed by atoms with E-state index in [-0.39, 0.29) is 5.82 Å². The minimum atomic E-state index is -0.166. The molecule has 3 aromatic rings. The first-order chi connectivity index (χ1) is 12.3. The van der Waals surface area contributed by atoms with E-state index >= 15 is 0 Å². The molecule has 0 saturated heterocycles. The van der Waals surface area contributed by atoms with Crippen LogP contribution in [0.15, 0.2) is 48.5 Å². The molecule has 0 fully saturated rings. The Morgan fingerprint density at radius 1 is 1.12 bits per heavy atom. The van der Waals surface area contributed by atoms with E-state index in [4.69, 9.17) is 0 Å². The second-order valence-electron chi connectivity index (χ2n) is 6.90. The maximum absolute atomic E-state index is 13.0. The van der Waals surface area contributed by atoms with Crippen molar-refractivity contribution < 1.29 is 4.39 Å². The van der Waals surface area contributed by atoms with Crippen molar-refractivity contribution in [2.45, 2.75) is 45.2 Å². The molecule has 1 aliphatic carbocycles. The van der Waals surface area contributed by atoms with Gasteiger partial charge in [0.25, 0.3) is 0 Å². The number of para-hydroxylation sites is 1. The number of nitrogens with zero attached hydrogens (tertiary/aromatic N) is 1. The van der Waals surface area contributed by atoms with Gasteiger partial charge in [0.2, 0.25) is 0 Å². The summed E-state index contributed by atoms with van der Waals surface area (Å²) in [6.45, 7) is 4.16. The normalized spacial score (nSPS) is 17.0. The highest BCUT2D eigenvalue weighted by Gasteiger charge is 2.26. The number of halogens is 1. The van der Waals surface area contributed by atoms with E-state index < -0.39 is 0 Å². The lowest BCUT2D eigenvalue weighted by Gasteiger charge is -2.26. The lowest BCUT2D eigenvalue weighted by molar-refractivity contribution is 0.438. The molecule has 0 spiro atoms. The number of rotatable bonds is 5. The largest absolute Gasteiger partial charge is 0.343 e. The summed E-state index contributed by atoms with van der Waals surface area (Å²) in [6, 6.07) is 16.1. The van der Waals surface area contributed by atoms with Gasteiger partial charge in [0, 0.05) is 29.2 Å². The maximum atomic E-state index is 13.0. The van der Waals surface area contributed by atoms with Crippen molar-refractivity contribution in [2.24, 2.45) is 0 Å². The number of benzene rings is 2. The SMILES string of the molecule is CCn1c2c(c3ccccc31)CCCC2NCCc1ccc(F)cc1. The van der Waals surface area contributed by atoms with Crippen LogP contribution in [0.1, 0.15) is 42.6 Å². The third kappa shape index (κ3) is 3.09. The van der Waals surface area contributed by atoms with Crippen molar-refractivity contribution in [1.82, 2.24) is 9.88 Å². The monoisotopic (exact) mass is 336 g/mol. The van der Waals surface area contributed by atoms with Gasteiger partial charge in [-0.3, -0.25) is 0 Å². The lowest BCUT2D eigenvalue weighted by atomic mass is 9.91. The van der Waals surface area contributed by atoms with E-state index in [9.17, 15) is 4.39 Å². The molecule has 0 bridgehead atoms. The summed E-state index contributed by atoms with van der Waals surface area (Å²) < 4.78 is 15.5. The Labute approximate surface area is 148 Å². The minimum absolute atomic E-state index is 0.166. The van der Waals surface area contributed by atoms with Gasteiger partial charge in [-0.1, -0.05) is 30.3 Å². The number of nitrogens with one attached hydrogen (secondary N) is 1. The van der Waals surface area contributed by atoms with Crippen molar-refractivity contribution in [3.8, 4) is 0 Å². The van der Waals surface area contributed by atoms with Crippen LogP contribution in [-0.2, 0) is 19.4 Å². The first-order valence-corrected chi connectivity index (χ1v) is 9.35. The second-order valence-corrected chi connectivity index (χ2v) is 6.90. The average molecular weight is 336 g/mol. The molecule has 3 heteroatoms. The molecule has 0 radical (unpaired) electrons. The van der Waals surface area contributed by atoms with Gasteiger partial charge in [0.15, 0.2) is 0 Å². The third-order valence-corrected chi connectivity index (χ3v) is 5.40. The van der Waals surface area contributed by atoms with Gasteiger partial charge < -0.3 is 9.88 Å². The van der Waals surface area contributed by atoms with Gasteiger partial charge in [-0.15, -0.1) is 0 Å². The Bertz CT molecular complexity index is 831. The Hall–Kier alpha value is -2.13. The van der Waals surface area contributed by atoms with Crippen LogP contribution in [0.3, 0.4) is 0 Å². The van der Waals surface area contributed by atoms with Crippen molar-refractivity contribution in [3.05, 3.63) is 71.2 Å². The predicted octanol–water partition coefficient (Wildman–Crippen LogP) is 5.01. The number of fused-ring (bicyclic) bond motifs is 3. The van der Waals surface area contributed by atoms with Crippen molar-refractivity contribution >= 4 is 10.9 Å². The summed E-state index contributed by atoms with van der Waals surface area (Å²) in [5.74, 6) is -0.166. The van der Waals surface area contributed by atoms with Crippen molar-refractivity contribution in [2.75, 3.05) is 6.54 Å². The zero-order valence-electron chi connectivity index (χ0n) is 14.8. The summed E-state index contributed by atoms with van der Waals surface area (Å²) in [5, 5.41) is 5.18. The molecule has 1 aromatic heterocycles. The van der Waals surface area contributed by atoms with Crippen LogP contribution in [-0.4, -0.2) is 11.1 Å². The zero-order chi connectivity index (χ0) is 17.2. The highest BCUT2D eigenvalue weighted by molar-refractivity contribution is 5.86. The molecule has 130 valence electrons. The van der Waals surface area contributed by atoms with Crippen LogP contribution in [0.4, 0.5) is 4.39 Å². The van der Waals surface area contributed by atoms with Crippen molar-refractivity contribution in [3.63, 3.8) is 0 Å². The molecule has 1 unspecified atom stereocenters. The molecular formula is C22H25FN2. The number of hydrogen-bond acceptors (Lipinski definition) is 1. The summed E-state index contributed by atoms with van der Waals surface area (Å²) in [5.41, 5.74) is 5.56. The molecule has 1 heterocycles. The van der Waals surface area contributed by atoms with Crippen LogP contribution in [0.25, 0.3) is 10.9 Å². The molecule has 0 saturated carbocycles. The molecule has 0 aliphatic heterocycles. The molecule has 1 atom stereocenters. The molecule has 2 nitrogen and oxygen atoms in total. The quantitative estimate of drug-likeness (QED) is 0.693. The zero-order valence-corrected chi connectivity index (χ0v) is 14.8. The highest BCUT2D eigenvalue weighted by atomic mass is 19.1. The smallest absolute Gasteiger partial charge is 0.123 e. The topological polar surface area (TPSA) is 17.0 Å². The van der Waals surface area contributed by atoms with Crippen molar-refractivity contribution in [1.29, 1.82) is 0 Å². The van der Waals surface area contributed by atoms with Gasteiger partial charge in [0.05, 0.1) is 0 Å². The average Bonchev–Trinajstić information content (AvgIpc) is 2.98. The standard InChI is InChI=1S/C22H25FN2/c1-2-25-21-9-4-3-6-18(21)19-7-5-8-20(22(19)25)24-15-14-16-10-12-17(23)13-11-16/h3-4,6,9-13,20,24H,2,5,7-8,14-15H2,1H3. The third-order valence-electron chi connectivity index (χ3n) is 5.40. The van der Waals surface area contributed by atoms with E-state index in [1.54, 1.807) is 12.1 Å². The Morgan fingerprint density at radius 2 is 1.92 bits per heavy atom. The number of aryl methyl sites for hydroxylation is 2. The molecule has 4 rings (SSSR count). The molecule has 0 amide bonds. The van der Waals surface area contributed by atoms with E-state index in [0.29, 0.717) is 6.04 Å². The Morgan fingerprint density at radius 3 is 2.72 bits per heavy atom. The number of aromatic nitrogens is 1. The molecule has 25 heavy (non-hydrogen) atoms. The first kappa shape index (κ1) is 16.3. The molecule has 1 N–H and O–H groups in total. The van der Waals surface area contributed by atoms with Gasteiger partial charge in [0.1, 0.15) is 5.82 Å². The Kier molecular flexibility index (Phi) is 4.58. The van der Waals surface area contributed by atoms with Gasteiger partial charge in [-0.25, -0.2) is 4.39 Å². The van der Waals surface area contributed by atoms with Crippen LogP contribution in [0.5, 0.6) is 0 Å². The molecular weight excluding hydrogens is 311 g/mol. The van der Waals surface area contributed by atoms with Crippen LogP contribution in [0, 0.1) is 5.82 Å². The minimum Gasteiger partial charge on any atom is -0.343 e. The van der Waals surface area contributed by atoms with Gasteiger partial charge >= 0.3 is 0 Å². The van der Waals surface area contributed by atoms with Crippen LogP contribution in [0.2, 0.25) is 0 Å². The fourth-order valence-electron chi connectivity index (χ4n) is 4.26. The van der Waals surface area contributed by atoms with E-state index in [2.05, 4.69) is 41.1 Å².